The van der Waals surface area contributed by atoms with Gasteiger partial charge in [-0.25, -0.2) is 0 Å². The molecule has 0 heterocycles. The molecular weight excluding hydrogens is 127 g/mol. The van der Waals surface area contributed by atoms with Gasteiger partial charge in [-0.2, -0.15) is 4.81 Å². The van der Waals surface area contributed by atoms with Gasteiger partial charge in [0, 0.05) is 6.92 Å². The first-order chi connectivity index (χ1) is 4.27. The topological polar surface area (TPSA) is 61.8 Å². The molecule has 0 aromatic rings. The highest BCUT2D eigenvalue weighted by atomic mass is 17.2. The second-order valence-electron chi connectivity index (χ2n) is 0.994. The van der Waals surface area contributed by atoms with E-state index in [0.29, 0.717) is 7.69 Å². The van der Waals surface area contributed by atoms with Gasteiger partial charge in [-0.05, 0) is 0 Å². The Morgan fingerprint density at radius 1 is 1.67 bits per heavy atom. The van der Waals surface area contributed by atoms with Crippen LogP contribution in [-0.2, 0) is 23.9 Å². The molecule has 0 fully saturated rings. The van der Waals surface area contributed by atoms with Gasteiger partial charge in [-0.15, -0.1) is 0 Å². The molecular formula is C3H4BO5. The van der Waals surface area contributed by atoms with E-state index >= 15 is 0 Å². The number of hydrogen-bond donors (Lipinski definition) is 0. The first-order valence-electron chi connectivity index (χ1n) is 2.02. The van der Waals surface area contributed by atoms with Crippen LogP contribution in [0.3, 0.4) is 0 Å². The normalized spacial score (nSPS) is 7.67. The molecule has 6 heteroatoms. The molecule has 0 amide bonds. The summed E-state index contributed by atoms with van der Waals surface area (Å²) in [6, 6.07) is 0. The number of hydrogen-bond acceptors (Lipinski definition) is 5. The highest BCUT2D eigenvalue weighted by molar-refractivity contribution is 6.21. The minimum absolute atomic E-state index is 0.0556. The van der Waals surface area contributed by atoms with Crippen LogP contribution in [0.15, 0.2) is 0 Å². The van der Waals surface area contributed by atoms with Crippen LogP contribution in [-0.4, -0.2) is 20.1 Å². The second kappa shape index (κ2) is 5.11. The fourth-order valence-electron chi connectivity index (χ4n) is 0.133. The van der Waals surface area contributed by atoms with Gasteiger partial charge in [0.15, 0.2) is 0 Å². The van der Waals surface area contributed by atoms with Gasteiger partial charge in [0.1, 0.15) is 0 Å². The molecule has 49 valence electrons. The van der Waals surface area contributed by atoms with Gasteiger partial charge < -0.3 is 9.54 Å². The van der Waals surface area contributed by atoms with Crippen molar-refractivity contribution in [1.82, 2.24) is 0 Å². The van der Waals surface area contributed by atoms with Crippen molar-refractivity contribution in [1.29, 1.82) is 0 Å². The minimum atomic E-state index is -0.551. The zero-order valence-corrected chi connectivity index (χ0v) is 4.70. The quantitative estimate of drug-likeness (QED) is 0.164. The van der Waals surface area contributed by atoms with Gasteiger partial charge in [0.2, 0.25) is 0 Å². The Balaban J connectivity index is 2.91. The Morgan fingerprint density at radius 2 is 2.33 bits per heavy atom. The average molecular weight is 131 g/mol. The zero-order chi connectivity index (χ0) is 7.11. The van der Waals surface area contributed by atoms with Crippen molar-refractivity contribution in [2.24, 2.45) is 0 Å². The predicted molar refractivity (Wildman–Crippen MR) is 25.8 cm³/mol. The lowest BCUT2D eigenvalue weighted by Gasteiger charge is -1.94. The van der Waals surface area contributed by atoms with E-state index in [-0.39, 0.29) is 6.47 Å². The summed E-state index contributed by atoms with van der Waals surface area (Å²) >= 11 is 0. The Hall–Kier alpha value is -1.04. The molecule has 0 aromatic heterocycles. The van der Waals surface area contributed by atoms with E-state index < -0.39 is 5.97 Å². The Kier molecular flexibility index (Phi) is 4.52. The summed E-state index contributed by atoms with van der Waals surface area (Å²) in [6.07, 6.45) is 0. The second-order valence-corrected chi connectivity index (χ2v) is 0.994. The van der Waals surface area contributed by atoms with Crippen LogP contribution in [0.1, 0.15) is 6.92 Å². The van der Waals surface area contributed by atoms with Gasteiger partial charge in [0.05, 0.1) is 0 Å². The molecule has 0 aliphatic rings. The summed E-state index contributed by atoms with van der Waals surface area (Å²) in [6.45, 7) is 1.24. The summed E-state index contributed by atoms with van der Waals surface area (Å²) in [5.41, 5.74) is 0. The molecule has 0 bridgehead atoms. The summed E-state index contributed by atoms with van der Waals surface area (Å²) in [7, 11) is 0.608. The lowest BCUT2D eigenvalue weighted by Crippen LogP contribution is -2.08. The third kappa shape index (κ3) is 6.96. The lowest BCUT2D eigenvalue weighted by molar-refractivity contribution is -0.203. The van der Waals surface area contributed by atoms with Crippen molar-refractivity contribution in [2.75, 3.05) is 0 Å². The van der Waals surface area contributed by atoms with Crippen molar-refractivity contribution >= 4 is 20.1 Å². The van der Waals surface area contributed by atoms with Crippen molar-refractivity contribution in [2.45, 2.75) is 6.92 Å². The maximum Gasteiger partial charge on any atom is 0.619 e. The predicted octanol–water partition coefficient (Wildman–Crippen LogP) is -0.812. The molecule has 0 aliphatic heterocycles. The fraction of sp³-hybridized carbons (Fsp3) is 0.333. The summed E-state index contributed by atoms with van der Waals surface area (Å²) < 4.78 is 4.07. The summed E-state index contributed by atoms with van der Waals surface area (Å²) in [5, 5.41) is 0. The smallest absolute Gasteiger partial charge is 0.509 e. The number of carbonyl (C=O) groups is 2. The van der Waals surface area contributed by atoms with Gasteiger partial charge >= 0.3 is 14.2 Å². The van der Waals surface area contributed by atoms with Crippen molar-refractivity contribution < 1.29 is 23.9 Å². The Labute approximate surface area is 52.1 Å². The van der Waals surface area contributed by atoms with E-state index in [1.54, 1.807) is 0 Å². The first kappa shape index (κ1) is 7.96. The largest absolute Gasteiger partial charge is 0.619 e. The molecule has 0 saturated carbocycles. The maximum absolute atomic E-state index is 9.93. The van der Waals surface area contributed by atoms with Gasteiger partial charge in [0.25, 0.3) is 5.97 Å². The third-order valence-electron chi connectivity index (χ3n) is 0.348. The minimum Gasteiger partial charge on any atom is -0.509 e. The van der Waals surface area contributed by atoms with Crippen molar-refractivity contribution in [3.63, 3.8) is 0 Å². The van der Waals surface area contributed by atoms with Gasteiger partial charge in [-0.3, -0.25) is 9.59 Å². The van der Waals surface area contributed by atoms with Crippen LogP contribution in [0.4, 0.5) is 0 Å². The number of rotatable bonds is 4. The molecule has 0 N–H and O–H groups in total. The molecule has 0 unspecified atom stereocenters. The van der Waals surface area contributed by atoms with Crippen molar-refractivity contribution in [3.8, 4) is 0 Å². The Morgan fingerprint density at radius 3 is 2.78 bits per heavy atom. The summed E-state index contributed by atoms with van der Waals surface area (Å²) in [5.74, 6) is -0.551. The highest BCUT2D eigenvalue weighted by Gasteiger charge is 1.98. The van der Waals surface area contributed by atoms with Crippen LogP contribution in [0, 0.1) is 0 Å². The molecule has 5 nitrogen and oxygen atoms in total. The average Bonchev–Trinajstić information content (AvgIpc) is 1.80. The van der Waals surface area contributed by atoms with Crippen LogP contribution < -0.4 is 0 Å². The molecule has 9 heavy (non-hydrogen) atoms. The van der Waals surface area contributed by atoms with Crippen molar-refractivity contribution in [3.05, 3.63) is 0 Å². The third-order valence-corrected chi connectivity index (χ3v) is 0.348. The van der Waals surface area contributed by atoms with E-state index in [9.17, 15) is 9.59 Å². The fourth-order valence-corrected chi connectivity index (χ4v) is 0.133. The molecule has 0 aliphatic carbocycles. The van der Waals surface area contributed by atoms with E-state index in [0.717, 1.165) is 0 Å². The van der Waals surface area contributed by atoms with Crippen LogP contribution in [0.25, 0.3) is 0 Å². The molecule has 0 spiro atoms. The number of carbonyl (C=O) groups excluding carboxylic acids is 2. The van der Waals surface area contributed by atoms with Crippen LogP contribution >= 0.6 is 0 Å². The van der Waals surface area contributed by atoms with E-state index in [2.05, 4.69) is 14.3 Å². The lowest BCUT2D eigenvalue weighted by atomic mass is 10.4. The standard InChI is InChI=1S/C3H4BO5/c1-3(6)8-4-9-7-2-5/h2H,1H3. The zero-order valence-electron chi connectivity index (χ0n) is 4.70. The molecule has 1 radical (unpaired) electrons. The van der Waals surface area contributed by atoms with Gasteiger partial charge in [-0.1, -0.05) is 0 Å². The van der Waals surface area contributed by atoms with E-state index in [1.165, 1.54) is 6.92 Å². The molecule has 0 aromatic carbocycles. The Bertz CT molecular complexity index is 102. The monoisotopic (exact) mass is 131 g/mol. The van der Waals surface area contributed by atoms with Crippen LogP contribution in [0.5, 0.6) is 0 Å². The molecule has 0 saturated heterocycles. The van der Waals surface area contributed by atoms with E-state index in [1.807, 2.05) is 0 Å². The van der Waals surface area contributed by atoms with E-state index in [4.69, 9.17) is 0 Å². The highest BCUT2D eigenvalue weighted by Crippen LogP contribution is 1.74. The summed E-state index contributed by atoms with van der Waals surface area (Å²) in [4.78, 5) is 26.8. The molecule has 0 rings (SSSR count). The first-order valence-corrected chi connectivity index (χ1v) is 2.02. The SMILES string of the molecule is CC(=O)O[B]OOC=O. The molecule has 0 atom stereocenters. The van der Waals surface area contributed by atoms with Crippen LogP contribution in [0.2, 0.25) is 0 Å². The maximum atomic E-state index is 9.93.